The van der Waals surface area contributed by atoms with Crippen LogP contribution < -0.4 is 0 Å². The van der Waals surface area contributed by atoms with Crippen LogP contribution in [0.2, 0.25) is 0 Å². The molecule has 0 fully saturated rings. The van der Waals surface area contributed by atoms with E-state index in [1.165, 1.54) is 0 Å². The molecule has 1 N–H and O–H groups in total. The van der Waals surface area contributed by atoms with Crippen LogP contribution in [-0.4, -0.2) is 15.6 Å². The van der Waals surface area contributed by atoms with Gasteiger partial charge in [-0.15, -0.1) is 0 Å². The van der Waals surface area contributed by atoms with Gasteiger partial charge in [-0.1, -0.05) is 20.8 Å². The van der Waals surface area contributed by atoms with Crippen LogP contribution in [0.1, 0.15) is 62.1 Å². The van der Waals surface area contributed by atoms with Crippen molar-refractivity contribution < 1.29 is 9.90 Å². The van der Waals surface area contributed by atoms with E-state index in [0.29, 0.717) is 5.56 Å². The third-order valence-corrected chi connectivity index (χ3v) is 3.78. The van der Waals surface area contributed by atoms with Crippen molar-refractivity contribution in [2.45, 2.75) is 53.0 Å². The molecule has 0 saturated carbocycles. The van der Waals surface area contributed by atoms with Crippen LogP contribution in [0.15, 0.2) is 18.3 Å². The van der Waals surface area contributed by atoms with Crippen molar-refractivity contribution in [1.82, 2.24) is 4.57 Å². The van der Waals surface area contributed by atoms with Crippen molar-refractivity contribution in [1.29, 1.82) is 0 Å². The lowest BCUT2D eigenvalue weighted by Gasteiger charge is -2.21. The zero-order chi connectivity index (χ0) is 15.2. The Kier molecular flexibility index (Phi) is 3.41. The predicted octanol–water partition coefficient (Wildman–Crippen LogP) is 4.53. The van der Waals surface area contributed by atoms with E-state index in [0.717, 1.165) is 22.0 Å². The minimum absolute atomic E-state index is 0.0647. The van der Waals surface area contributed by atoms with Gasteiger partial charge in [0.1, 0.15) is 0 Å². The molecule has 0 saturated heterocycles. The van der Waals surface area contributed by atoms with Gasteiger partial charge in [0, 0.05) is 17.6 Å². The number of hydrogen-bond donors (Lipinski definition) is 1. The number of hydrogen-bond acceptors (Lipinski definition) is 1. The molecule has 0 atom stereocenters. The average Bonchev–Trinajstić information content (AvgIpc) is 2.65. The van der Waals surface area contributed by atoms with E-state index in [-0.39, 0.29) is 11.5 Å². The monoisotopic (exact) mass is 273 g/mol. The predicted molar refractivity (Wildman–Crippen MR) is 82.7 cm³/mol. The van der Waals surface area contributed by atoms with Gasteiger partial charge < -0.3 is 9.67 Å². The summed E-state index contributed by atoms with van der Waals surface area (Å²) < 4.78 is 2.06. The highest BCUT2D eigenvalue weighted by atomic mass is 16.4. The quantitative estimate of drug-likeness (QED) is 0.873. The molecule has 0 amide bonds. The maximum atomic E-state index is 11.7. The summed E-state index contributed by atoms with van der Waals surface area (Å²) in [5.41, 5.74) is 3.35. The number of aromatic nitrogens is 1. The van der Waals surface area contributed by atoms with Crippen LogP contribution in [0.4, 0.5) is 0 Å². The first-order valence-corrected chi connectivity index (χ1v) is 7.02. The molecule has 0 aliphatic rings. The Bertz CT molecular complexity index is 672. The van der Waals surface area contributed by atoms with E-state index in [2.05, 4.69) is 45.3 Å². The summed E-state index contributed by atoms with van der Waals surface area (Å²) >= 11 is 0. The minimum atomic E-state index is -0.860. The number of carboxylic acids is 1. The summed E-state index contributed by atoms with van der Waals surface area (Å²) in [6, 6.07) is 4.20. The zero-order valence-electron chi connectivity index (χ0n) is 13.1. The third kappa shape index (κ3) is 2.33. The minimum Gasteiger partial charge on any atom is -0.478 e. The lowest BCUT2D eigenvalue weighted by molar-refractivity contribution is 0.0698. The lowest BCUT2D eigenvalue weighted by Crippen LogP contribution is -2.13. The van der Waals surface area contributed by atoms with Gasteiger partial charge in [-0.25, -0.2) is 4.79 Å². The van der Waals surface area contributed by atoms with Gasteiger partial charge >= 0.3 is 5.97 Å². The van der Waals surface area contributed by atoms with E-state index in [1.54, 1.807) is 0 Å². The van der Waals surface area contributed by atoms with E-state index >= 15 is 0 Å². The molecule has 0 spiro atoms. The van der Waals surface area contributed by atoms with Gasteiger partial charge in [-0.05, 0) is 49.4 Å². The second-order valence-electron chi connectivity index (χ2n) is 6.79. The van der Waals surface area contributed by atoms with Crippen LogP contribution in [0.25, 0.3) is 10.9 Å². The molecule has 1 aromatic carbocycles. The summed E-state index contributed by atoms with van der Waals surface area (Å²) in [5, 5.41) is 10.6. The first-order chi connectivity index (χ1) is 9.12. The molecule has 108 valence electrons. The molecule has 0 aliphatic heterocycles. The Labute approximate surface area is 120 Å². The molecule has 0 aliphatic carbocycles. The first kappa shape index (κ1) is 14.6. The molecule has 20 heavy (non-hydrogen) atoms. The summed E-state index contributed by atoms with van der Waals surface area (Å²) in [5.74, 6) is -0.860. The highest BCUT2D eigenvalue weighted by Gasteiger charge is 2.22. The average molecular weight is 273 g/mol. The number of rotatable bonds is 2. The van der Waals surface area contributed by atoms with E-state index < -0.39 is 5.97 Å². The zero-order valence-corrected chi connectivity index (χ0v) is 13.1. The molecule has 0 bridgehead atoms. The van der Waals surface area contributed by atoms with E-state index in [9.17, 15) is 9.90 Å². The molecule has 1 heterocycles. The Morgan fingerprint density at radius 1 is 1.25 bits per heavy atom. The topological polar surface area (TPSA) is 42.2 Å². The van der Waals surface area contributed by atoms with Crippen LogP contribution >= 0.6 is 0 Å². The van der Waals surface area contributed by atoms with E-state index in [1.807, 2.05) is 19.2 Å². The van der Waals surface area contributed by atoms with Gasteiger partial charge in [-0.3, -0.25) is 0 Å². The van der Waals surface area contributed by atoms with Crippen LogP contribution in [-0.2, 0) is 5.41 Å². The second-order valence-corrected chi connectivity index (χ2v) is 6.79. The smallest absolute Gasteiger partial charge is 0.337 e. The van der Waals surface area contributed by atoms with Crippen molar-refractivity contribution in [2.75, 3.05) is 0 Å². The molecule has 0 unspecified atom stereocenters. The largest absolute Gasteiger partial charge is 0.478 e. The van der Waals surface area contributed by atoms with Crippen molar-refractivity contribution >= 4 is 16.9 Å². The van der Waals surface area contributed by atoms with E-state index in [4.69, 9.17) is 0 Å². The number of nitrogens with zero attached hydrogens (tertiary/aromatic N) is 1. The van der Waals surface area contributed by atoms with Crippen LogP contribution in [0.3, 0.4) is 0 Å². The number of benzene rings is 1. The van der Waals surface area contributed by atoms with Crippen LogP contribution in [0, 0.1) is 6.92 Å². The van der Waals surface area contributed by atoms with Gasteiger partial charge in [0.2, 0.25) is 0 Å². The normalized spacial score (nSPS) is 12.3. The lowest BCUT2D eigenvalue weighted by atomic mass is 9.85. The fraction of sp³-hybridized carbons (Fsp3) is 0.471. The Morgan fingerprint density at radius 3 is 2.30 bits per heavy atom. The fourth-order valence-electron chi connectivity index (χ4n) is 2.56. The molecular formula is C17H23NO2. The molecule has 3 heteroatoms. The molecule has 1 aromatic heterocycles. The number of aryl methyl sites for hydroxylation is 1. The Morgan fingerprint density at radius 2 is 1.85 bits per heavy atom. The van der Waals surface area contributed by atoms with Crippen molar-refractivity contribution in [3.8, 4) is 0 Å². The van der Waals surface area contributed by atoms with Crippen molar-refractivity contribution in [3.05, 3.63) is 35.0 Å². The summed E-state index contributed by atoms with van der Waals surface area (Å²) in [7, 11) is 0. The second kappa shape index (κ2) is 4.65. The standard InChI is InChI=1S/C17H23NO2/c1-10(2)18-9-11(3)13-7-12(17(4,5)6)8-14(15(13)18)16(19)20/h7-10H,1-6H3,(H,19,20). The fourth-order valence-corrected chi connectivity index (χ4v) is 2.56. The van der Waals surface area contributed by atoms with Gasteiger partial charge in [-0.2, -0.15) is 0 Å². The Hall–Kier alpha value is -1.77. The third-order valence-electron chi connectivity index (χ3n) is 3.78. The molecular weight excluding hydrogens is 250 g/mol. The number of carbonyl (C=O) groups is 1. The molecule has 2 aromatic rings. The van der Waals surface area contributed by atoms with Crippen LogP contribution in [0.5, 0.6) is 0 Å². The highest BCUT2D eigenvalue weighted by Crippen LogP contribution is 2.33. The number of fused-ring (bicyclic) bond motifs is 1. The van der Waals surface area contributed by atoms with Gasteiger partial charge in [0.05, 0.1) is 11.1 Å². The maximum absolute atomic E-state index is 11.7. The first-order valence-electron chi connectivity index (χ1n) is 7.02. The number of aromatic carboxylic acids is 1. The SMILES string of the molecule is Cc1cn(C(C)C)c2c(C(=O)O)cc(C(C)(C)C)cc12. The summed E-state index contributed by atoms with van der Waals surface area (Å²) in [6.45, 7) is 12.5. The molecule has 0 radical (unpaired) electrons. The summed E-state index contributed by atoms with van der Waals surface area (Å²) in [6.07, 6.45) is 2.05. The van der Waals surface area contributed by atoms with Gasteiger partial charge in [0.25, 0.3) is 0 Å². The summed E-state index contributed by atoms with van der Waals surface area (Å²) in [4.78, 5) is 11.7. The maximum Gasteiger partial charge on any atom is 0.337 e. The molecule has 2 rings (SSSR count). The highest BCUT2D eigenvalue weighted by molar-refractivity contribution is 6.04. The molecule has 3 nitrogen and oxygen atoms in total. The number of carboxylic acid groups (broad SMARTS) is 1. The Balaban J connectivity index is 2.91. The van der Waals surface area contributed by atoms with Crippen molar-refractivity contribution in [2.24, 2.45) is 0 Å². The van der Waals surface area contributed by atoms with Crippen molar-refractivity contribution in [3.63, 3.8) is 0 Å². The van der Waals surface area contributed by atoms with Gasteiger partial charge in [0.15, 0.2) is 0 Å².